The van der Waals surface area contributed by atoms with Gasteiger partial charge in [0, 0.05) is 37.1 Å². The topological polar surface area (TPSA) is 89.4 Å². The van der Waals surface area contributed by atoms with Crippen LogP contribution in [0.25, 0.3) is 0 Å². The van der Waals surface area contributed by atoms with E-state index < -0.39 is 11.3 Å². The lowest BCUT2D eigenvalue weighted by Crippen LogP contribution is -2.47. The molecule has 2 heterocycles. The lowest BCUT2D eigenvalue weighted by Gasteiger charge is -2.35. The molecule has 0 radical (unpaired) electrons. The van der Waals surface area contributed by atoms with E-state index in [1.165, 1.54) is 12.8 Å². The summed E-state index contributed by atoms with van der Waals surface area (Å²) in [5.74, 6) is -0.806. The Labute approximate surface area is 184 Å². The maximum Gasteiger partial charge on any atom is 0.256 e. The number of carbonyl (C=O) groups excluding carboxylic acids is 2. The molecule has 2 aliphatic rings. The monoisotopic (exact) mass is 431 g/mol. The van der Waals surface area contributed by atoms with E-state index >= 15 is 0 Å². The average molecular weight is 432 g/mol. The number of amides is 2. The lowest BCUT2D eigenvalue weighted by molar-refractivity contribution is -0.0615. The normalized spacial score (nSPS) is 22.0. The van der Waals surface area contributed by atoms with Crippen molar-refractivity contribution in [1.29, 1.82) is 0 Å². The van der Waals surface area contributed by atoms with Crippen molar-refractivity contribution in [3.05, 3.63) is 33.7 Å². The highest BCUT2D eigenvalue weighted by atomic mass is 16.5. The fourth-order valence-corrected chi connectivity index (χ4v) is 4.52. The Morgan fingerprint density at radius 2 is 1.52 bits per heavy atom. The Morgan fingerprint density at radius 3 is 2.03 bits per heavy atom. The van der Waals surface area contributed by atoms with Crippen molar-refractivity contribution in [2.45, 2.75) is 103 Å². The van der Waals surface area contributed by atoms with Crippen molar-refractivity contribution in [2.75, 3.05) is 6.61 Å². The van der Waals surface area contributed by atoms with Gasteiger partial charge in [0.25, 0.3) is 11.8 Å². The van der Waals surface area contributed by atoms with Crippen molar-refractivity contribution in [3.8, 4) is 0 Å². The fourth-order valence-electron chi connectivity index (χ4n) is 4.52. The molecule has 2 fully saturated rings. The second kappa shape index (κ2) is 9.98. The van der Waals surface area contributed by atoms with Gasteiger partial charge in [-0.15, -0.1) is 0 Å². The summed E-state index contributed by atoms with van der Waals surface area (Å²) in [5, 5.41) is 6.03. The van der Waals surface area contributed by atoms with Crippen LogP contribution in [-0.2, 0) is 4.74 Å². The van der Waals surface area contributed by atoms with Gasteiger partial charge in [-0.3, -0.25) is 14.4 Å². The van der Waals surface area contributed by atoms with Gasteiger partial charge in [0.15, 0.2) is 0 Å². The molecule has 3 rings (SSSR count). The minimum Gasteiger partial charge on any atom is -0.375 e. The molecule has 7 heteroatoms. The number of pyridine rings is 1. The van der Waals surface area contributed by atoms with E-state index in [-0.39, 0.29) is 40.8 Å². The van der Waals surface area contributed by atoms with Crippen molar-refractivity contribution < 1.29 is 14.3 Å². The fraction of sp³-hybridized carbons (Fsp3) is 0.708. The minimum atomic E-state index is -0.508. The largest absolute Gasteiger partial charge is 0.375 e. The van der Waals surface area contributed by atoms with Crippen molar-refractivity contribution >= 4 is 11.8 Å². The number of hydrogen-bond acceptors (Lipinski definition) is 4. The Kier molecular flexibility index (Phi) is 7.57. The quantitative estimate of drug-likeness (QED) is 0.698. The van der Waals surface area contributed by atoms with E-state index in [0.29, 0.717) is 19.4 Å². The number of nitrogens with zero attached hydrogens (tertiary/aromatic N) is 1. The number of aromatic nitrogens is 1. The third-order valence-corrected chi connectivity index (χ3v) is 6.35. The van der Waals surface area contributed by atoms with Gasteiger partial charge in [-0.2, -0.15) is 0 Å². The summed E-state index contributed by atoms with van der Waals surface area (Å²) in [6, 6.07) is 0.0362. The molecule has 0 unspecified atom stereocenters. The van der Waals surface area contributed by atoms with Gasteiger partial charge in [0.1, 0.15) is 11.1 Å². The number of rotatable bonds is 5. The van der Waals surface area contributed by atoms with Crippen LogP contribution in [0.3, 0.4) is 0 Å². The molecule has 0 aromatic carbocycles. The first-order valence-electron chi connectivity index (χ1n) is 11.7. The van der Waals surface area contributed by atoms with Crippen molar-refractivity contribution in [1.82, 2.24) is 15.2 Å². The summed E-state index contributed by atoms with van der Waals surface area (Å²) in [5.41, 5.74) is -0.759. The summed E-state index contributed by atoms with van der Waals surface area (Å²) in [6.45, 7) is 8.48. The van der Waals surface area contributed by atoms with E-state index in [4.69, 9.17) is 4.74 Å². The molecule has 7 nitrogen and oxygen atoms in total. The highest BCUT2D eigenvalue weighted by Gasteiger charge is 2.31. The standard InChI is InChI=1S/C24H37N3O4/c1-16(2)27-14-19(22(29)25-17-9-7-5-6-8-10-17)21(28)20(15-27)23(30)26-18-11-12-31-24(3,4)13-18/h14-18H,5-13H2,1-4H3,(H,25,29)(H,26,30)/t18-/m1/s1. The maximum absolute atomic E-state index is 13.1. The molecule has 1 saturated carbocycles. The zero-order chi connectivity index (χ0) is 22.6. The van der Waals surface area contributed by atoms with Crippen LogP contribution in [0.4, 0.5) is 0 Å². The Balaban J connectivity index is 1.83. The second-order valence-electron chi connectivity index (χ2n) is 9.89. The maximum atomic E-state index is 13.1. The van der Waals surface area contributed by atoms with Gasteiger partial charge in [-0.25, -0.2) is 0 Å². The zero-order valence-electron chi connectivity index (χ0n) is 19.3. The van der Waals surface area contributed by atoms with E-state index in [2.05, 4.69) is 10.6 Å². The summed E-state index contributed by atoms with van der Waals surface area (Å²) >= 11 is 0. The number of ether oxygens (including phenoxy) is 1. The molecule has 1 atom stereocenters. The molecular weight excluding hydrogens is 394 g/mol. The lowest BCUT2D eigenvalue weighted by atomic mass is 9.93. The molecule has 0 bridgehead atoms. The van der Waals surface area contributed by atoms with Crippen LogP contribution in [0.1, 0.15) is 106 Å². The van der Waals surface area contributed by atoms with Crippen LogP contribution in [0.5, 0.6) is 0 Å². The minimum absolute atomic E-state index is 0.0126. The van der Waals surface area contributed by atoms with E-state index in [1.54, 1.807) is 17.0 Å². The highest BCUT2D eigenvalue weighted by molar-refractivity contribution is 5.99. The van der Waals surface area contributed by atoms with Crippen molar-refractivity contribution in [3.63, 3.8) is 0 Å². The third-order valence-electron chi connectivity index (χ3n) is 6.35. The number of carbonyl (C=O) groups is 2. The molecule has 2 N–H and O–H groups in total. The van der Waals surface area contributed by atoms with E-state index in [9.17, 15) is 14.4 Å². The Hall–Kier alpha value is -2.15. The van der Waals surface area contributed by atoms with Crippen molar-refractivity contribution in [2.24, 2.45) is 0 Å². The van der Waals surface area contributed by atoms with Crippen LogP contribution < -0.4 is 16.1 Å². The molecule has 1 saturated heterocycles. The van der Waals surface area contributed by atoms with Crippen LogP contribution in [-0.4, -0.2) is 40.7 Å². The molecule has 1 aliphatic heterocycles. The van der Waals surface area contributed by atoms with Gasteiger partial charge >= 0.3 is 0 Å². The van der Waals surface area contributed by atoms with Gasteiger partial charge in [0.2, 0.25) is 5.43 Å². The average Bonchev–Trinajstić information content (AvgIpc) is 2.95. The van der Waals surface area contributed by atoms with Gasteiger partial charge < -0.3 is 19.9 Å². The van der Waals surface area contributed by atoms with Crippen LogP contribution in [0, 0.1) is 0 Å². The third kappa shape index (κ3) is 6.19. The van der Waals surface area contributed by atoms with Crippen LogP contribution in [0.15, 0.2) is 17.2 Å². The van der Waals surface area contributed by atoms with Crippen LogP contribution in [0.2, 0.25) is 0 Å². The molecule has 31 heavy (non-hydrogen) atoms. The smallest absolute Gasteiger partial charge is 0.256 e. The zero-order valence-corrected chi connectivity index (χ0v) is 19.3. The van der Waals surface area contributed by atoms with E-state index in [0.717, 1.165) is 25.7 Å². The first kappa shape index (κ1) is 23.5. The van der Waals surface area contributed by atoms with Gasteiger partial charge in [-0.1, -0.05) is 25.7 Å². The Morgan fingerprint density at radius 1 is 0.968 bits per heavy atom. The van der Waals surface area contributed by atoms with Crippen LogP contribution >= 0.6 is 0 Å². The first-order chi connectivity index (χ1) is 14.7. The SMILES string of the molecule is CC(C)n1cc(C(=O)NC2CCCCCC2)c(=O)c(C(=O)N[C@@H]2CCOC(C)(C)C2)c1. The summed E-state index contributed by atoms with van der Waals surface area (Å²) in [6.07, 6.45) is 10.9. The summed E-state index contributed by atoms with van der Waals surface area (Å²) in [7, 11) is 0. The molecule has 1 aromatic heterocycles. The highest BCUT2D eigenvalue weighted by Crippen LogP contribution is 2.24. The van der Waals surface area contributed by atoms with Gasteiger partial charge in [0.05, 0.1) is 5.60 Å². The molecule has 0 spiro atoms. The first-order valence-corrected chi connectivity index (χ1v) is 11.7. The predicted octanol–water partition coefficient (Wildman–Crippen LogP) is 3.57. The molecule has 1 aromatic rings. The second-order valence-corrected chi connectivity index (χ2v) is 9.89. The van der Waals surface area contributed by atoms with E-state index in [1.807, 2.05) is 27.7 Å². The predicted molar refractivity (Wildman–Crippen MR) is 121 cm³/mol. The molecule has 2 amide bonds. The number of hydrogen-bond donors (Lipinski definition) is 2. The molecular formula is C24H37N3O4. The summed E-state index contributed by atoms with van der Waals surface area (Å²) < 4.78 is 7.49. The molecule has 1 aliphatic carbocycles. The Bertz CT molecular complexity index is 851. The summed E-state index contributed by atoms with van der Waals surface area (Å²) in [4.78, 5) is 39.2. The molecule has 172 valence electrons. The number of nitrogens with one attached hydrogen (secondary N) is 2. The van der Waals surface area contributed by atoms with Gasteiger partial charge in [-0.05, 0) is 53.4 Å².